The first-order chi connectivity index (χ1) is 25.4. The van der Waals surface area contributed by atoms with Crippen molar-refractivity contribution in [2.45, 2.75) is 246 Å². The van der Waals surface area contributed by atoms with Crippen LogP contribution in [-0.4, -0.2) is 25.2 Å². The summed E-state index contributed by atoms with van der Waals surface area (Å²) in [7, 11) is 0. The molecular weight excluding hydrogens is 643 g/mol. The second-order valence-electron chi connectivity index (χ2n) is 16.1. The summed E-state index contributed by atoms with van der Waals surface area (Å²) in [6.07, 6.45) is 40.2. The molecule has 1 aromatic rings. The highest BCUT2D eigenvalue weighted by atomic mass is 16.5. The van der Waals surface area contributed by atoms with Gasteiger partial charge >= 0.3 is 11.9 Å². The number of ether oxygens (including phenoxy) is 2. The zero-order valence-corrected chi connectivity index (χ0v) is 35.4. The molecule has 5 heteroatoms. The third-order valence-corrected chi connectivity index (χ3v) is 10.8. The molecule has 302 valence electrons. The minimum Gasteiger partial charge on any atom is -0.458 e. The van der Waals surface area contributed by atoms with Gasteiger partial charge in [0.25, 0.3) is 0 Å². The van der Waals surface area contributed by atoms with E-state index in [4.69, 9.17) is 9.47 Å². The Morgan fingerprint density at radius 2 is 0.692 bits per heavy atom. The Morgan fingerprint density at radius 3 is 0.962 bits per heavy atom. The molecular formula is C47H86NO4+. The molecule has 0 radical (unpaired) electrons. The van der Waals surface area contributed by atoms with Crippen molar-refractivity contribution in [2.24, 2.45) is 0 Å². The molecule has 52 heavy (non-hydrogen) atoms. The number of hydrogen-bond donors (Lipinski definition) is 0. The lowest BCUT2D eigenvalue weighted by Gasteiger charge is -2.17. The van der Waals surface area contributed by atoms with Gasteiger partial charge in [-0.25, -0.2) is 0 Å². The number of esters is 2. The number of carbonyl (C=O) groups excluding carboxylic acids is 2. The van der Waals surface area contributed by atoms with Gasteiger partial charge in [0.05, 0.1) is 0 Å². The lowest BCUT2D eigenvalue weighted by molar-refractivity contribution is -0.736. The van der Waals surface area contributed by atoms with Crippen LogP contribution < -0.4 is 4.57 Å². The van der Waals surface area contributed by atoms with Gasteiger partial charge in [0.2, 0.25) is 6.04 Å². The van der Waals surface area contributed by atoms with Crippen LogP contribution in [0.4, 0.5) is 0 Å². The van der Waals surface area contributed by atoms with E-state index >= 15 is 0 Å². The van der Waals surface area contributed by atoms with Crippen LogP contribution in [0, 0.1) is 20.8 Å². The maximum Gasteiger partial charge on any atom is 0.306 e. The first-order valence-electron chi connectivity index (χ1n) is 22.7. The molecule has 0 fully saturated rings. The van der Waals surface area contributed by atoms with Crippen LogP contribution in [0.15, 0.2) is 12.1 Å². The van der Waals surface area contributed by atoms with Gasteiger partial charge < -0.3 is 9.47 Å². The first kappa shape index (κ1) is 48.1. The topological polar surface area (TPSA) is 56.5 Å². The molecule has 0 aliphatic heterocycles. The third kappa shape index (κ3) is 27.7. The lowest BCUT2D eigenvalue weighted by Crippen LogP contribution is -2.50. The van der Waals surface area contributed by atoms with Crippen LogP contribution in [-0.2, 0) is 19.1 Å². The molecule has 1 rings (SSSR count). The minimum atomic E-state index is -0.226. The van der Waals surface area contributed by atoms with Crippen molar-refractivity contribution < 1.29 is 23.6 Å². The molecule has 0 N–H and O–H groups in total. The van der Waals surface area contributed by atoms with Gasteiger partial charge in [0.15, 0.2) is 24.6 Å². The summed E-state index contributed by atoms with van der Waals surface area (Å²) in [4.78, 5) is 25.4. The van der Waals surface area contributed by atoms with Gasteiger partial charge in [0, 0.05) is 38.8 Å². The normalized spacial score (nSPS) is 11.4. The summed E-state index contributed by atoms with van der Waals surface area (Å²) in [5, 5.41) is 0. The summed E-state index contributed by atoms with van der Waals surface area (Å²) in [5.74, 6) is -0.293. The molecule has 1 heterocycles. The highest BCUT2D eigenvalue weighted by Gasteiger charge is 2.27. The van der Waals surface area contributed by atoms with Gasteiger partial charge in [-0.15, -0.1) is 0 Å². The summed E-state index contributed by atoms with van der Waals surface area (Å²) in [5.41, 5.74) is 3.36. The number of nitrogens with zero attached hydrogens (tertiary/aromatic N) is 1. The second kappa shape index (κ2) is 34.8. The van der Waals surface area contributed by atoms with E-state index in [9.17, 15) is 9.59 Å². The van der Waals surface area contributed by atoms with Crippen molar-refractivity contribution in [1.82, 2.24) is 0 Å². The smallest absolute Gasteiger partial charge is 0.306 e. The highest BCUT2D eigenvalue weighted by molar-refractivity contribution is 5.69. The Bertz CT molecular complexity index is 919. The fourth-order valence-electron chi connectivity index (χ4n) is 7.69. The molecule has 0 atom stereocenters. The van der Waals surface area contributed by atoms with Gasteiger partial charge in [0.1, 0.15) is 0 Å². The van der Waals surface area contributed by atoms with Crippen molar-refractivity contribution in [2.75, 3.05) is 13.2 Å². The average molecular weight is 729 g/mol. The maximum atomic E-state index is 12.7. The predicted octanol–water partition coefficient (Wildman–Crippen LogP) is 14.0. The van der Waals surface area contributed by atoms with Crippen LogP contribution in [0.1, 0.15) is 242 Å². The lowest BCUT2D eigenvalue weighted by atomic mass is 10.0. The van der Waals surface area contributed by atoms with Crippen LogP contribution in [0.2, 0.25) is 0 Å². The Balaban J connectivity index is 2.22. The van der Waals surface area contributed by atoms with Crippen LogP contribution in [0.5, 0.6) is 0 Å². The maximum absolute atomic E-state index is 12.7. The van der Waals surface area contributed by atoms with E-state index in [0.717, 1.165) is 37.1 Å². The number of aryl methyl sites for hydroxylation is 3. The average Bonchev–Trinajstić information content (AvgIpc) is 3.12. The van der Waals surface area contributed by atoms with Gasteiger partial charge in [-0.1, -0.05) is 194 Å². The second-order valence-corrected chi connectivity index (χ2v) is 16.1. The molecule has 0 aliphatic carbocycles. The molecule has 0 unspecified atom stereocenters. The zero-order valence-electron chi connectivity index (χ0n) is 35.4. The number of aromatic nitrogens is 1. The summed E-state index contributed by atoms with van der Waals surface area (Å²) in [6, 6.07) is 4.04. The fraction of sp³-hybridized carbons (Fsp3) is 0.851. The number of pyridine rings is 1. The van der Waals surface area contributed by atoms with Crippen molar-refractivity contribution in [3.63, 3.8) is 0 Å². The molecule has 0 bridgehead atoms. The Kier molecular flexibility index (Phi) is 32.2. The minimum absolute atomic E-state index is 0.146. The highest BCUT2D eigenvalue weighted by Crippen LogP contribution is 2.16. The predicted molar refractivity (Wildman–Crippen MR) is 221 cm³/mol. The van der Waals surface area contributed by atoms with E-state index < -0.39 is 0 Å². The van der Waals surface area contributed by atoms with Crippen molar-refractivity contribution >= 4 is 11.9 Å². The van der Waals surface area contributed by atoms with Gasteiger partial charge in [-0.05, 0) is 25.3 Å². The molecule has 0 saturated heterocycles. The van der Waals surface area contributed by atoms with E-state index in [2.05, 4.69) is 51.3 Å². The van der Waals surface area contributed by atoms with Crippen LogP contribution >= 0.6 is 0 Å². The molecule has 0 aromatic carbocycles. The van der Waals surface area contributed by atoms with Crippen LogP contribution in [0.3, 0.4) is 0 Å². The Hall–Kier alpha value is -1.91. The molecule has 5 nitrogen and oxygen atoms in total. The number of hydrogen-bond acceptors (Lipinski definition) is 4. The van der Waals surface area contributed by atoms with E-state index in [1.165, 1.54) is 173 Å². The zero-order chi connectivity index (χ0) is 37.9. The monoisotopic (exact) mass is 729 g/mol. The largest absolute Gasteiger partial charge is 0.458 e. The molecule has 0 spiro atoms. The quantitative estimate of drug-likeness (QED) is 0.0389. The molecule has 0 aliphatic rings. The summed E-state index contributed by atoms with van der Waals surface area (Å²) < 4.78 is 13.7. The SMILES string of the molecule is CCCCCCCCCCCCCCCCCC(=O)OCC(COC(=O)CCCCCCCCCCCCCCCCC)[n+]1c(C)cc(C)cc1C. The number of carbonyl (C=O) groups is 2. The Morgan fingerprint density at radius 1 is 0.442 bits per heavy atom. The van der Waals surface area contributed by atoms with Gasteiger partial charge in [-0.2, -0.15) is 4.57 Å². The van der Waals surface area contributed by atoms with E-state index in [0.29, 0.717) is 12.8 Å². The van der Waals surface area contributed by atoms with Crippen molar-refractivity contribution in [1.29, 1.82) is 0 Å². The third-order valence-electron chi connectivity index (χ3n) is 10.8. The standard InChI is InChI=1S/C47H86NO4/c1-6-8-10-12-14-16-18-20-22-24-26-28-30-32-34-36-46(49)51-40-45(48-43(4)38-42(3)39-44(48)5)41-52-47(50)37-35-33-31-29-27-25-23-21-19-17-15-13-11-9-7-2/h38-39,45H,6-37,40-41H2,1-5H3/q+1. The molecule has 0 amide bonds. The molecule has 0 saturated carbocycles. The fourth-order valence-corrected chi connectivity index (χ4v) is 7.69. The summed E-state index contributed by atoms with van der Waals surface area (Å²) in [6.45, 7) is 11.2. The summed E-state index contributed by atoms with van der Waals surface area (Å²) >= 11 is 0. The van der Waals surface area contributed by atoms with Crippen molar-refractivity contribution in [3.8, 4) is 0 Å². The number of unbranched alkanes of at least 4 members (excludes halogenated alkanes) is 28. The first-order valence-corrected chi connectivity index (χ1v) is 22.7. The number of rotatable bonds is 37. The van der Waals surface area contributed by atoms with E-state index in [-0.39, 0.29) is 31.2 Å². The molecule has 1 aromatic heterocycles. The van der Waals surface area contributed by atoms with E-state index in [1.807, 2.05) is 0 Å². The Labute approximate surface area is 323 Å². The van der Waals surface area contributed by atoms with Gasteiger partial charge in [-0.3, -0.25) is 9.59 Å². The van der Waals surface area contributed by atoms with Crippen molar-refractivity contribution in [3.05, 3.63) is 29.1 Å². The van der Waals surface area contributed by atoms with Crippen LogP contribution in [0.25, 0.3) is 0 Å². The van der Waals surface area contributed by atoms with E-state index in [1.54, 1.807) is 0 Å².